The zero-order chi connectivity index (χ0) is 18.8. The van der Waals surface area contributed by atoms with Crippen molar-refractivity contribution in [3.05, 3.63) is 24.3 Å². The lowest BCUT2D eigenvalue weighted by atomic mass is 10.3. The van der Waals surface area contributed by atoms with Crippen LogP contribution in [0.3, 0.4) is 0 Å². The monoisotopic (exact) mass is 368 g/mol. The van der Waals surface area contributed by atoms with Gasteiger partial charge in [-0.2, -0.15) is 4.31 Å². The second kappa shape index (κ2) is 7.53. The van der Waals surface area contributed by atoms with Gasteiger partial charge in [0.15, 0.2) is 6.61 Å². The summed E-state index contributed by atoms with van der Waals surface area (Å²) < 4.78 is 31.0. The minimum atomic E-state index is -3.56. The van der Waals surface area contributed by atoms with E-state index in [4.69, 9.17) is 4.74 Å². The van der Waals surface area contributed by atoms with Crippen molar-refractivity contribution < 1.29 is 22.7 Å². The molecule has 1 aromatic carbocycles. The summed E-state index contributed by atoms with van der Waals surface area (Å²) in [6.07, 6.45) is 0.807. The second-order valence-electron chi connectivity index (χ2n) is 6.61. The second-order valence-corrected chi connectivity index (χ2v) is 8.61. The number of hydrogen-bond acceptors (Lipinski definition) is 5. The highest BCUT2D eigenvalue weighted by molar-refractivity contribution is 7.89. The summed E-state index contributed by atoms with van der Waals surface area (Å²) in [5, 5.41) is 2.57. The maximum Gasteiger partial charge on any atom is 0.309 e. The molecule has 0 spiro atoms. The number of rotatable bonds is 7. The quantitative estimate of drug-likeness (QED) is 0.742. The lowest BCUT2D eigenvalue weighted by Crippen LogP contribution is -2.33. The summed E-state index contributed by atoms with van der Waals surface area (Å²) in [5.74, 6) is -0.568. The Bertz CT molecular complexity index is 743. The van der Waals surface area contributed by atoms with Crippen LogP contribution in [0.25, 0.3) is 0 Å². The topological polar surface area (TPSA) is 92.8 Å². The number of amides is 1. The van der Waals surface area contributed by atoms with E-state index in [1.165, 1.54) is 35.6 Å². The smallest absolute Gasteiger partial charge is 0.309 e. The normalized spacial score (nSPS) is 19.8. The zero-order valence-electron chi connectivity index (χ0n) is 14.9. The Labute approximate surface area is 148 Å². The van der Waals surface area contributed by atoms with Gasteiger partial charge in [-0.3, -0.25) is 9.59 Å². The van der Waals surface area contributed by atoms with Gasteiger partial charge in [0.2, 0.25) is 10.0 Å². The van der Waals surface area contributed by atoms with Gasteiger partial charge < -0.3 is 10.1 Å². The van der Waals surface area contributed by atoms with E-state index in [1.807, 2.05) is 6.92 Å². The molecule has 0 heterocycles. The highest BCUT2D eigenvalue weighted by Gasteiger charge is 2.40. The van der Waals surface area contributed by atoms with Crippen LogP contribution in [0.5, 0.6) is 0 Å². The van der Waals surface area contributed by atoms with Gasteiger partial charge in [0, 0.05) is 18.8 Å². The molecule has 2 atom stereocenters. The van der Waals surface area contributed by atoms with E-state index >= 15 is 0 Å². The average molecular weight is 368 g/mol. The molecule has 7 nitrogen and oxygen atoms in total. The van der Waals surface area contributed by atoms with Crippen LogP contribution in [0, 0.1) is 11.8 Å². The third-order valence-electron chi connectivity index (χ3n) is 4.30. The first-order chi connectivity index (χ1) is 11.6. The molecular weight excluding hydrogens is 344 g/mol. The molecule has 2 rings (SSSR count). The van der Waals surface area contributed by atoms with E-state index in [-0.39, 0.29) is 29.4 Å². The van der Waals surface area contributed by atoms with E-state index in [0.717, 1.165) is 6.42 Å². The average Bonchev–Trinajstić information content (AvgIpc) is 3.29. The molecule has 1 aliphatic carbocycles. The van der Waals surface area contributed by atoms with Gasteiger partial charge in [0.1, 0.15) is 0 Å². The fourth-order valence-electron chi connectivity index (χ4n) is 2.25. The van der Waals surface area contributed by atoms with E-state index in [0.29, 0.717) is 11.6 Å². The van der Waals surface area contributed by atoms with Crippen molar-refractivity contribution in [1.82, 2.24) is 4.31 Å². The zero-order valence-corrected chi connectivity index (χ0v) is 15.7. The summed E-state index contributed by atoms with van der Waals surface area (Å²) in [4.78, 5) is 23.5. The molecule has 0 unspecified atom stereocenters. The summed E-state index contributed by atoms with van der Waals surface area (Å²) in [6, 6.07) is 5.71. The number of sulfonamides is 1. The van der Waals surface area contributed by atoms with Crippen LogP contribution in [0.4, 0.5) is 5.69 Å². The van der Waals surface area contributed by atoms with Gasteiger partial charge in [0.05, 0.1) is 10.8 Å². The van der Waals surface area contributed by atoms with Gasteiger partial charge in [-0.05, 0) is 50.5 Å². The number of anilines is 1. The lowest BCUT2D eigenvalue weighted by molar-refractivity contribution is -0.148. The Balaban J connectivity index is 1.91. The SMILES string of the molecule is CC(C)N(C)S(=O)(=O)c1ccc(NC(=O)COC(=O)[C@H]2C[C@H]2C)cc1. The van der Waals surface area contributed by atoms with Gasteiger partial charge in [0.25, 0.3) is 5.91 Å². The molecule has 138 valence electrons. The fourth-order valence-corrected chi connectivity index (χ4v) is 3.61. The van der Waals surface area contributed by atoms with Crippen molar-refractivity contribution in [3.8, 4) is 0 Å². The molecule has 0 saturated heterocycles. The predicted octanol–water partition coefficient (Wildman–Crippen LogP) is 1.85. The van der Waals surface area contributed by atoms with Gasteiger partial charge >= 0.3 is 5.97 Å². The first-order valence-electron chi connectivity index (χ1n) is 8.17. The Morgan fingerprint density at radius 1 is 1.28 bits per heavy atom. The molecule has 1 amide bonds. The van der Waals surface area contributed by atoms with Crippen LogP contribution in [-0.4, -0.2) is 44.3 Å². The van der Waals surface area contributed by atoms with Crippen LogP contribution in [-0.2, 0) is 24.3 Å². The third kappa shape index (κ3) is 4.79. The van der Waals surface area contributed by atoms with Gasteiger partial charge in [-0.25, -0.2) is 8.42 Å². The largest absolute Gasteiger partial charge is 0.455 e. The number of esters is 1. The summed E-state index contributed by atoms with van der Waals surface area (Å²) in [6.45, 7) is 5.18. The molecule has 0 radical (unpaired) electrons. The number of hydrogen-bond donors (Lipinski definition) is 1. The first-order valence-corrected chi connectivity index (χ1v) is 9.61. The maximum absolute atomic E-state index is 12.4. The summed E-state index contributed by atoms with van der Waals surface area (Å²) in [7, 11) is -2.04. The molecule has 1 aliphatic rings. The molecule has 8 heteroatoms. The number of nitrogens with one attached hydrogen (secondary N) is 1. The molecular formula is C17H24N2O5S. The predicted molar refractivity (Wildman–Crippen MR) is 93.4 cm³/mol. The van der Waals surface area contributed by atoms with Crippen LogP contribution in [0.2, 0.25) is 0 Å². The van der Waals surface area contributed by atoms with Crippen molar-refractivity contribution in [2.75, 3.05) is 19.0 Å². The Kier molecular flexibility index (Phi) is 5.84. The van der Waals surface area contributed by atoms with E-state index in [1.54, 1.807) is 13.8 Å². The molecule has 0 aromatic heterocycles. The maximum atomic E-state index is 12.4. The number of nitrogens with zero attached hydrogens (tertiary/aromatic N) is 1. The van der Waals surface area contributed by atoms with E-state index < -0.39 is 15.9 Å². The van der Waals surface area contributed by atoms with Crippen molar-refractivity contribution in [2.24, 2.45) is 11.8 Å². The number of carbonyl (C=O) groups excluding carboxylic acids is 2. The van der Waals surface area contributed by atoms with Crippen LogP contribution in [0.1, 0.15) is 27.2 Å². The minimum Gasteiger partial charge on any atom is -0.455 e. The molecule has 0 bridgehead atoms. The van der Waals surface area contributed by atoms with Gasteiger partial charge in [-0.1, -0.05) is 6.92 Å². The number of ether oxygens (including phenoxy) is 1. The highest BCUT2D eigenvalue weighted by Crippen LogP contribution is 2.38. The summed E-state index contributed by atoms with van der Waals surface area (Å²) >= 11 is 0. The van der Waals surface area contributed by atoms with E-state index in [9.17, 15) is 18.0 Å². The molecule has 1 fully saturated rings. The van der Waals surface area contributed by atoms with Crippen LogP contribution < -0.4 is 5.32 Å². The highest BCUT2D eigenvalue weighted by atomic mass is 32.2. The van der Waals surface area contributed by atoms with Crippen LogP contribution in [0.15, 0.2) is 29.2 Å². The van der Waals surface area contributed by atoms with Crippen molar-refractivity contribution >= 4 is 27.6 Å². The fraction of sp³-hybridized carbons (Fsp3) is 0.529. The standard InChI is InChI=1S/C17H24N2O5S/c1-11(2)19(4)25(22,23)14-7-5-13(6-8-14)18-16(20)10-24-17(21)15-9-12(15)3/h5-8,11-12,15H,9-10H2,1-4H3,(H,18,20)/t12-,15+/m1/s1. The number of carbonyl (C=O) groups is 2. The van der Waals surface area contributed by atoms with E-state index in [2.05, 4.69) is 5.32 Å². The lowest BCUT2D eigenvalue weighted by Gasteiger charge is -2.21. The summed E-state index contributed by atoms with van der Waals surface area (Å²) in [5.41, 5.74) is 0.437. The van der Waals surface area contributed by atoms with Gasteiger partial charge in [-0.15, -0.1) is 0 Å². The van der Waals surface area contributed by atoms with Crippen molar-refractivity contribution in [2.45, 2.75) is 38.1 Å². The Hall–Kier alpha value is -1.93. The first kappa shape index (κ1) is 19.4. The minimum absolute atomic E-state index is 0.0877. The Morgan fingerprint density at radius 2 is 1.84 bits per heavy atom. The molecule has 1 N–H and O–H groups in total. The Morgan fingerprint density at radius 3 is 2.32 bits per heavy atom. The number of benzene rings is 1. The van der Waals surface area contributed by atoms with Crippen LogP contribution >= 0.6 is 0 Å². The third-order valence-corrected chi connectivity index (χ3v) is 6.35. The van der Waals surface area contributed by atoms with Crippen molar-refractivity contribution in [1.29, 1.82) is 0 Å². The molecule has 1 aromatic rings. The molecule has 1 saturated carbocycles. The molecule has 0 aliphatic heterocycles. The molecule has 25 heavy (non-hydrogen) atoms. The van der Waals surface area contributed by atoms with Crippen molar-refractivity contribution in [3.63, 3.8) is 0 Å².